The first-order valence-electron chi connectivity index (χ1n) is 4.84. The summed E-state index contributed by atoms with van der Waals surface area (Å²) in [6, 6.07) is 2.00. The third-order valence-corrected chi connectivity index (χ3v) is 2.42. The molecule has 0 aliphatic heterocycles. The number of rotatable bonds is 0. The number of nitrogens with zero attached hydrogens (tertiary/aromatic N) is 1. The maximum Gasteiger partial charge on any atom is 0.152 e. The average molecular weight is 189 g/mol. The van der Waals surface area contributed by atoms with Crippen molar-refractivity contribution in [3.8, 4) is 0 Å². The van der Waals surface area contributed by atoms with Crippen LogP contribution in [0.15, 0.2) is 22.9 Å². The molecule has 0 amide bonds. The van der Waals surface area contributed by atoms with Crippen molar-refractivity contribution in [3.05, 3.63) is 29.8 Å². The van der Waals surface area contributed by atoms with Crippen LogP contribution in [0.2, 0.25) is 0 Å². The van der Waals surface area contributed by atoms with E-state index in [1.54, 1.807) is 12.4 Å². The number of aromatic nitrogens is 1. The molecule has 2 aromatic rings. The summed E-state index contributed by atoms with van der Waals surface area (Å²) in [6.45, 7) is 8.58. The van der Waals surface area contributed by atoms with Crippen LogP contribution >= 0.6 is 0 Å². The first kappa shape index (κ1) is 9.25. The monoisotopic (exact) mass is 189 g/mol. The van der Waals surface area contributed by atoms with E-state index in [-0.39, 0.29) is 5.41 Å². The van der Waals surface area contributed by atoms with Gasteiger partial charge in [-0.1, -0.05) is 20.8 Å². The Labute approximate surface area is 84.0 Å². The smallest absolute Gasteiger partial charge is 0.152 e. The van der Waals surface area contributed by atoms with E-state index in [4.69, 9.17) is 4.42 Å². The summed E-state index contributed by atoms with van der Waals surface area (Å²) >= 11 is 0. The molecule has 2 nitrogen and oxygen atoms in total. The van der Waals surface area contributed by atoms with Crippen molar-refractivity contribution in [2.24, 2.45) is 0 Å². The van der Waals surface area contributed by atoms with Gasteiger partial charge >= 0.3 is 0 Å². The van der Waals surface area contributed by atoms with Crippen LogP contribution in [0, 0.1) is 6.92 Å². The van der Waals surface area contributed by atoms with Gasteiger partial charge in [0.1, 0.15) is 5.76 Å². The van der Waals surface area contributed by atoms with Gasteiger partial charge in [0.2, 0.25) is 0 Å². The molecular formula is C12H15NO. The predicted molar refractivity (Wildman–Crippen MR) is 57.4 cm³/mol. The zero-order valence-electron chi connectivity index (χ0n) is 9.09. The first-order valence-corrected chi connectivity index (χ1v) is 4.84. The van der Waals surface area contributed by atoms with E-state index in [0.717, 1.165) is 11.3 Å². The highest BCUT2D eigenvalue weighted by molar-refractivity contribution is 5.81. The minimum atomic E-state index is 0.0586. The summed E-state index contributed by atoms with van der Waals surface area (Å²) in [6.07, 6.45) is 3.58. The second-order valence-corrected chi connectivity index (χ2v) is 4.68. The molecule has 0 atom stereocenters. The highest BCUT2D eigenvalue weighted by atomic mass is 16.3. The van der Waals surface area contributed by atoms with Crippen LogP contribution in [-0.2, 0) is 5.41 Å². The maximum atomic E-state index is 5.80. The van der Waals surface area contributed by atoms with Crippen molar-refractivity contribution in [1.29, 1.82) is 0 Å². The van der Waals surface area contributed by atoms with Gasteiger partial charge in [0.25, 0.3) is 0 Å². The molecule has 2 aromatic heterocycles. The van der Waals surface area contributed by atoms with E-state index in [2.05, 4.69) is 32.7 Å². The standard InChI is InChI=1S/C12H15NO/c1-8-9-5-6-13-7-10(9)14-11(8)12(2,3)4/h5-7H,1-4H3. The minimum absolute atomic E-state index is 0.0586. The zero-order valence-corrected chi connectivity index (χ0v) is 9.09. The van der Waals surface area contributed by atoms with Crippen molar-refractivity contribution in [2.75, 3.05) is 0 Å². The van der Waals surface area contributed by atoms with Crippen molar-refractivity contribution >= 4 is 11.0 Å². The van der Waals surface area contributed by atoms with E-state index in [0.29, 0.717) is 0 Å². The van der Waals surface area contributed by atoms with E-state index in [1.165, 1.54) is 10.9 Å². The second kappa shape index (κ2) is 2.84. The third-order valence-electron chi connectivity index (χ3n) is 2.42. The molecular weight excluding hydrogens is 174 g/mol. The molecule has 0 aromatic carbocycles. The van der Waals surface area contributed by atoms with Gasteiger partial charge in [0, 0.05) is 17.0 Å². The normalized spacial score (nSPS) is 12.3. The van der Waals surface area contributed by atoms with Gasteiger partial charge < -0.3 is 4.42 Å². The van der Waals surface area contributed by atoms with Gasteiger partial charge in [-0.2, -0.15) is 0 Å². The number of pyridine rings is 1. The molecule has 2 heteroatoms. The Bertz CT molecular complexity index is 463. The molecule has 0 aliphatic carbocycles. The highest BCUT2D eigenvalue weighted by Gasteiger charge is 2.22. The third kappa shape index (κ3) is 1.31. The Morgan fingerprint density at radius 3 is 2.57 bits per heavy atom. The van der Waals surface area contributed by atoms with Crippen LogP contribution in [0.1, 0.15) is 32.1 Å². The van der Waals surface area contributed by atoms with Gasteiger partial charge in [0.15, 0.2) is 5.58 Å². The van der Waals surface area contributed by atoms with Crippen LogP contribution in [0.3, 0.4) is 0 Å². The largest absolute Gasteiger partial charge is 0.459 e. The van der Waals surface area contributed by atoms with Crippen LogP contribution in [0.5, 0.6) is 0 Å². The topological polar surface area (TPSA) is 26.0 Å². The molecule has 74 valence electrons. The molecule has 0 saturated heterocycles. The van der Waals surface area contributed by atoms with Crippen LogP contribution in [0.4, 0.5) is 0 Å². The molecule has 0 N–H and O–H groups in total. The summed E-state index contributed by atoms with van der Waals surface area (Å²) in [5.74, 6) is 1.06. The van der Waals surface area contributed by atoms with Crippen LogP contribution in [0.25, 0.3) is 11.0 Å². The van der Waals surface area contributed by atoms with Crippen molar-refractivity contribution < 1.29 is 4.42 Å². The SMILES string of the molecule is Cc1c(C(C)(C)C)oc2cnccc12. The average Bonchev–Trinajstić information content (AvgIpc) is 2.44. The molecule has 0 unspecified atom stereocenters. The lowest BCUT2D eigenvalue weighted by Crippen LogP contribution is -2.10. The number of aryl methyl sites for hydroxylation is 1. The Kier molecular flexibility index (Phi) is 1.88. The summed E-state index contributed by atoms with van der Waals surface area (Å²) in [4.78, 5) is 4.06. The van der Waals surface area contributed by atoms with Gasteiger partial charge in [-0.05, 0) is 18.6 Å². The fourth-order valence-electron chi connectivity index (χ4n) is 1.80. The number of furan rings is 1. The molecule has 0 radical (unpaired) electrons. The zero-order chi connectivity index (χ0) is 10.3. The summed E-state index contributed by atoms with van der Waals surface area (Å²) in [5, 5.41) is 1.17. The van der Waals surface area contributed by atoms with Crippen molar-refractivity contribution in [2.45, 2.75) is 33.1 Å². The summed E-state index contributed by atoms with van der Waals surface area (Å²) in [5.41, 5.74) is 2.17. The number of fused-ring (bicyclic) bond motifs is 1. The molecule has 14 heavy (non-hydrogen) atoms. The van der Waals surface area contributed by atoms with Crippen molar-refractivity contribution in [3.63, 3.8) is 0 Å². The van der Waals surface area contributed by atoms with E-state index < -0.39 is 0 Å². The molecule has 0 bridgehead atoms. The van der Waals surface area contributed by atoms with Gasteiger partial charge in [-0.15, -0.1) is 0 Å². The molecule has 2 heterocycles. The Morgan fingerprint density at radius 1 is 1.29 bits per heavy atom. The Balaban J connectivity index is 2.75. The van der Waals surface area contributed by atoms with Crippen molar-refractivity contribution in [1.82, 2.24) is 4.98 Å². The van der Waals surface area contributed by atoms with E-state index in [9.17, 15) is 0 Å². The van der Waals surface area contributed by atoms with Gasteiger partial charge in [0.05, 0.1) is 6.20 Å². The molecule has 0 saturated carbocycles. The van der Waals surface area contributed by atoms with Gasteiger partial charge in [-0.3, -0.25) is 4.98 Å². The minimum Gasteiger partial charge on any atom is -0.459 e. The number of hydrogen-bond donors (Lipinski definition) is 0. The first-order chi connectivity index (χ1) is 6.50. The summed E-state index contributed by atoms with van der Waals surface area (Å²) in [7, 11) is 0. The lowest BCUT2D eigenvalue weighted by molar-refractivity contribution is 0.426. The molecule has 0 aliphatic rings. The fraction of sp³-hybridized carbons (Fsp3) is 0.417. The Morgan fingerprint density at radius 2 is 2.00 bits per heavy atom. The lowest BCUT2D eigenvalue weighted by Gasteiger charge is -2.15. The highest BCUT2D eigenvalue weighted by Crippen LogP contribution is 2.32. The lowest BCUT2D eigenvalue weighted by atomic mass is 9.90. The van der Waals surface area contributed by atoms with Crippen LogP contribution < -0.4 is 0 Å². The maximum absolute atomic E-state index is 5.80. The molecule has 2 rings (SSSR count). The summed E-state index contributed by atoms with van der Waals surface area (Å²) < 4.78 is 5.80. The second-order valence-electron chi connectivity index (χ2n) is 4.68. The fourth-order valence-corrected chi connectivity index (χ4v) is 1.80. The quantitative estimate of drug-likeness (QED) is 0.634. The molecule has 0 fully saturated rings. The van der Waals surface area contributed by atoms with Gasteiger partial charge in [-0.25, -0.2) is 0 Å². The number of hydrogen-bond acceptors (Lipinski definition) is 2. The predicted octanol–water partition coefficient (Wildman–Crippen LogP) is 3.43. The van der Waals surface area contributed by atoms with Crippen LogP contribution in [-0.4, -0.2) is 4.98 Å². The van der Waals surface area contributed by atoms with E-state index in [1.807, 2.05) is 6.07 Å². The van der Waals surface area contributed by atoms with E-state index >= 15 is 0 Å². The Hall–Kier alpha value is -1.31. The molecule has 0 spiro atoms.